The lowest BCUT2D eigenvalue weighted by molar-refractivity contribution is -0.161. The van der Waals surface area contributed by atoms with E-state index < -0.39 is 6.04 Å². The summed E-state index contributed by atoms with van der Waals surface area (Å²) in [6.45, 7) is 2.41. The molecule has 0 aliphatic carbocycles. The van der Waals surface area contributed by atoms with Gasteiger partial charge in [-0.15, -0.1) is 0 Å². The highest BCUT2D eigenvalue weighted by atomic mass is 79.9. The molecule has 0 bridgehead atoms. The zero-order valence-corrected chi connectivity index (χ0v) is 25.4. The van der Waals surface area contributed by atoms with Crippen molar-refractivity contribution in [1.82, 2.24) is 19.7 Å². The van der Waals surface area contributed by atoms with Gasteiger partial charge in [0.05, 0.1) is 6.04 Å². The Hall–Kier alpha value is -2.84. The average molecular weight is 652 g/mol. The molecule has 4 aromatic rings. The summed E-state index contributed by atoms with van der Waals surface area (Å²) in [6, 6.07) is 21.0. The van der Waals surface area contributed by atoms with Gasteiger partial charge >= 0.3 is 0 Å². The first-order chi connectivity index (χ1) is 19.9. The van der Waals surface area contributed by atoms with Gasteiger partial charge in [-0.2, -0.15) is 0 Å². The monoisotopic (exact) mass is 650 g/mol. The minimum absolute atomic E-state index is 0.00268. The Kier molecular flexibility index (Phi) is 7.10. The van der Waals surface area contributed by atoms with E-state index in [1.165, 1.54) is 0 Å². The highest BCUT2D eigenvalue weighted by molar-refractivity contribution is 9.10. The number of nitrogens with zero attached hydrogens (tertiary/aromatic N) is 3. The van der Waals surface area contributed by atoms with Gasteiger partial charge < -0.3 is 14.8 Å². The molecule has 1 N–H and O–H groups in total. The molecule has 0 unspecified atom stereocenters. The highest BCUT2D eigenvalue weighted by Gasteiger charge is 2.49. The largest absolute Gasteiger partial charge is 0.356 e. The van der Waals surface area contributed by atoms with Crippen molar-refractivity contribution in [3.05, 3.63) is 104 Å². The van der Waals surface area contributed by atoms with Gasteiger partial charge in [-0.1, -0.05) is 75.5 Å². The van der Waals surface area contributed by atoms with Gasteiger partial charge in [-0.25, -0.2) is 0 Å². The van der Waals surface area contributed by atoms with E-state index in [-0.39, 0.29) is 30.4 Å². The van der Waals surface area contributed by atoms with Crippen molar-refractivity contribution in [2.45, 2.75) is 43.9 Å². The smallest absolute Gasteiger partial charge is 0.246 e. The van der Waals surface area contributed by atoms with E-state index in [1.807, 2.05) is 64.4 Å². The van der Waals surface area contributed by atoms with E-state index in [0.717, 1.165) is 63.7 Å². The van der Waals surface area contributed by atoms with Crippen molar-refractivity contribution in [3.8, 4) is 0 Å². The predicted octanol–water partition coefficient (Wildman–Crippen LogP) is 6.59. The van der Waals surface area contributed by atoms with Crippen LogP contribution in [-0.4, -0.2) is 63.2 Å². The number of aromatic amines is 1. The number of rotatable bonds is 4. The fraction of sp³-hybridized carbons (Fsp3) is 0.312. The number of likely N-dealkylation sites (tertiary alicyclic amines) is 1. The van der Waals surface area contributed by atoms with E-state index >= 15 is 0 Å². The van der Waals surface area contributed by atoms with E-state index in [0.29, 0.717) is 23.0 Å². The first kappa shape index (κ1) is 27.0. The number of carbonyl (C=O) groups is 2. The Labute approximate surface area is 257 Å². The van der Waals surface area contributed by atoms with Crippen LogP contribution in [-0.2, 0) is 22.6 Å². The fourth-order valence-corrected chi connectivity index (χ4v) is 7.66. The maximum absolute atomic E-state index is 14.2. The van der Waals surface area contributed by atoms with E-state index in [1.54, 1.807) is 0 Å². The summed E-state index contributed by atoms with van der Waals surface area (Å²) in [6.07, 6.45) is 2.13. The van der Waals surface area contributed by atoms with Crippen LogP contribution >= 0.6 is 39.1 Å². The summed E-state index contributed by atoms with van der Waals surface area (Å²) in [7, 11) is 0. The van der Waals surface area contributed by atoms with Crippen LogP contribution in [0.15, 0.2) is 71.2 Å². The molecule has 1 aromatic heterocycles. The third-order valence-corrected chi connectivity index (χ3v) is 10.2. The second-order valence-corrected chi connectivity index (χ2v) is 12.9. The summed E-state index contributed by atoms with van der Waals surface area (Å²) in [5.74, 6) is 0.0485. The molecule has 3 aliphatic heterocycles. The molecule has 0 saturated carbocycles. The summed E-state index contributed by atoms with van der Waals surface area (Å²) in [5, 5.41) is 2.46. The van der Waals surface area contributed by atoms with E-state index in [2.05, 4.69) is 37.9 Å². The molecule has 210 valence electrons. The lowest BCUT2D eigenvalue weighted by Crippen LogP contribution is -2.65. The van der Waals surface area contributed by atoms with Crippen LogP contribution in [0.3, 0.4) is 0 Å². The molecule has 3 aliphatic rings. The Morgan fingerprint density at radius 2 is 1.61 bits per heavy atom. The number of benzene rings is 3. The molecule has 2 amide bonds. The Bertz CT molecular complexity index is 1630. The zero-order chi connectivity index (χ0) is 28.2. The third-order valence-electron chi connectivity index (χ3n) is 8.92. The lowest BCUT2D eigenvalue weighted by Gasteiger charge is -2.49. The average Bonchev–Trinajstić information content (AvgIpc) is 3.35. The van der Waals surface area contributed by atoms with Crippen LogP contribution in [0.25, 0.3) is 10.9 Å². The number of aromatic nitrogens is 1. The van der Waals surface area contributed by atoms with Crippen LogP contribution < -0.4 is 0 Å². The topological polar surface area (TPSA) is 59.7 Å². The van der Waals surface area contributed by atoms with Crippen LogP contribution in [0.2, 0.25) is 10.0 Å². The number of nitrogens with one attached hydrogen (secondary N) is 1. The Balaban J connectivity index is 1.16. The molecule has 3 aromatic carbocycles. The number of carbonyl (C=O) groups excluding carboxylic acids is 2. The van der Waals surface area contributed by atoms with Gasteiger partial charge in [0.2, 0.25) is 11.8 Å². The zero-order valence-electron chi connectivity index (χ0n) is 22.3. The highest BCUT2D eigenvalue weighted by Crippen LogP contribution is 2.43. The van der Waals surface area contributed by atoms with Crippen LogP contribution in [0.5, 0.6) is 0 Å². The van der Waals surface area contributed by atoms with Gasteiger partial charge in [0.1, 0.15) is 12.6 Å². The standard InChI is InChI=1S/C32H29BrCl2N4O2/c33-20-10-8-19(9-11-20)31-30-23(22-4-1-2-7-27(22)36-30)16-28-32(41)38(18-29(40)39(28)31)21-12-14-37(15-13-21)17-24-25(34)5-3-6-26(24)35/h1-11,21,28,31,36H,12-18H2/t28-,31+/m1/s1. The molecule has 9 heteroatoms. The second kappa shape index (κ2) is 10.8. The number of H-pyrrole nitrogens is 1. The quantitative estimate of drug-likeness (QED) is 0.271. The molecular formula is C32H29BrCl2N4O2. The molecule has 4 heterocycles. The predicted molar refractivity (Wildman–Crippen MR) is 165 cm³/mol. The maximum Gasteiger partial charge on any atom is 0.246 e. The molecule has 6 nitrogen and oxygen atoms in total. The second-order valence-electron chi connectivity index (χ2n) is 11.2. The number of para-hydroxylation sites is 1. The maximum atomic E-state index is 14.2. The number of amides is 2. The minimum Gasteiger partial charge on any atom is -0.356 e. The SMILES string of the molecule is O=C1[C@H]2Cc3c([nH]c4ccccc34)[C@H](c3ccc(Br)cc3)N2C(=O)CN1C1CCN(Cc2c(Cl)cccc2Cl)CC1. The summed E-state index contributed by atoms with van der Waals surface area (Å²) in [5.41, 5.74) is 5.09. The number of hydrogen-bond donors (Lipinski definition) is 1. The van der Waals surface area contributed by atoms with Crippen LogP contribution in [0.4, 0.5) is 0 Å². The van der Waals surface area contributed by atoms with Gasteiger partial charge in [0, 0.05) is 68.8 Å². The van der Waals surface area contributed by atoms with Gasteiger partial charge in [0.25, 0.3) is 0 Å². The van der Waals surface area contributed by atoms with E-state index in [4.69, 9.17) is 23.2 Å². The molecule has 2 fully saturated rings. The van der Waals surface area contributed by atoms with Crippen molar-refractivity contribution in [1.29, 1.82) is 0 Å². The van der Waals surface area contributed by atoms with Crippen molar-refractivity contribution in [3.63, 3.8) is 0 Å². The lowest BCUT2D eigenvalue weighted by atomic mass is 9.85. The summed E-state index contributed by atoms with van der Waals surface area (Å²) in [4.78, 5) is 37.8. The van der Waals surface area contributed by atoms with Crippen molar-refractivity contribution >= 4 is 61.8 Å². The number of hydrogen-bond acceptors (Lipinski definition) is 3. The molecule has 0 spiro atoms. The molecule has 41 heavy (non-hydrogen) atoms. The molecule has 2 saturated heterocycles. The Morgan fingerprint density at radius 1 is 0.902 bits per heavy atom. The van der Waals surface area contributed by atoms with Crippen molar-refractivity contribution in [2.24, 2.45) is 0 Å². The van der Waals surface area contributed by atoms with Crippen LogP contribution in [0, 0.1) is 0 Å². The molecule has 2 atom stereocenters. The first-order valence-corrected chi connectivity index (χ1v) is 15.6. The van der Waals surface area contributed by atoms with Crippen LogP contribution in [0.1, 0.15) is 41.3 Å². The first-order valence-electron chi connectivity index (χ1n) is 14.0. The fourth-order valence-electron chi connectivity index (χ4n) is 6.88. The summed E-state index contributed by atoms with van der Waals surface area (Å²) >= 11 is 16.4. The van der Waals surface area contributed by atoms with Crippen molar-refractivity contribution < 1.29 is 9.59 Å². The molecule has 7 rings (SSSR count). The number of fused-ring (bicyclic) bond motifs is 4. The van der Waals surface area contributed by atoms with E-state index in [9.17, 15) is 9.59 Å². The third kappa shape index (κ3) is 4.77. The Morgan fingerprint density at radius 3 is 2.34 bits per heavy atom. The molecule has 0 radical (unpaired) electrons. The van der Waals surface area contributed by atoms with Crippen molar-refractivity contribution in [2.75, 3.05) is 19.6 Å². The number of piperazine rings is 1. The van der Waals surface area contributed by atoms with Gasteiger partial charge in [-0.05, 0) is 54.3 Å². The van der Waals surface area contributed by atoms with Gasteiger partial charge in [0.15, 0.2) is 0 Å². The normalized spacial score (nSPS) is 21.8. The summed E-state index contributed by atoms with van der Waals surface area (Å²) < 4.78 is 0.973. The van der Waals surface area contributed by atoms with Gasteiger partial charge in [-0.3, -0.25) is 14.5 Å². The molecular weight excluding hydrogens is 623 g/mol. The minimum atomic E-state index is -0.531. The number of halogens is 3. The number of piperidine rings is 1.